The minimum absolute atomic E-state index is 0.189. The second-order valence-electron chi connectivity index (χ2n) is 6.98. The van der Waals surface area contributed by atoms with Crippen LogP contribution >= 0.6 is 0 Å². The molecule has 0 aromatic heterocycles. The van der Waals surface area contributed by atoms with Crippen molar-refractivity contribution < 1.29 is 43.3 Å². The number of amides is 5. The van der Waals surface area contributed by atoms with Gasteiger partial charge >= 0.3 is 12.0 Å². The summed E-state index contributed by atoms with van der Waals surface area (Å²) in [5.74, 6) is -3.15. The van der Waals surface area contributed by atoms with Gasteiger partial charge in [0.25, 0.3) is 11.8 Å². The zero-order chi connectivity index (χ0) is 25.1. The predicted octanol–water partition coefficient (Wildman–Crippen LogP) is -3.33. The van der Waals surface area contributed by atoms with Crippen LogP contribution in [0, 0.1) is 5.92 Å². The van der Waals surface area contributed by atoms with E-state index in [0.29, 0.717) is 19.8 Å². The van der Waals surface area contributed by atoms with Crippen LogP contribution in [0.4, 0.5) is 4.79 Å². The second kappa shape index (κ2) is 18.6. The first kappa shape index (κ1) is 30.0. The summed E-state index contributed by atoms with van der Waals surface area (Å²) in [5, 5.41) is 15.7. The first-order valence-electron chi connectivity index (χ1n) is 10.2. The lowest BCUT2D eigenvalue weighted by molar-refractivity contribution is -0.141. The summed E-state index contributed by atoms with van der Waals surface area (Å²) in [6.45, 7) is 3.87. The number of rotatable bonds is 17. The maximum atomic E-state index is 11.8. The highest BCUT2D eigenvalue weighted by Gasteiger charge is 2.20. The van der Waals surface area contributed by atoms with Crippen LogP contribution in [-0.2, 0) is 33.4 Å². The number of urea groups is 1. The van der Waals surface area contributed by atoms with Gasteiger partial charge in [0.1, 0.15) is 13.2 Å². The third-order valence-corrected chi connectivity index (χ3v) is 3.40. The third kappa shape index (κ3) is 18.3. The van der Waals surface area contributed by atoms with E-state index in [1.54, 1.807) is 0 Å². The predicted molar refractivity (Wildman–Crippen MR) is 114 cm³/mol. The first-order valence-corrected chi connectivity index (χ1v) is 10.2. The molecule has 15 nitrogen and oxygen atoms in total. The number of carbonyl (C=O) groups excluding carboxylic acids is 4. The quantitative estimate of drug-likeness (QED) is 0.0814. The number of aliphatic carboxylic acids is 1. The molecule has 0 bridgehead atoms. The van der Waals surface area contributed by atoms with Crippen LogP contribution in [0.15, 0.2) is 0 Å². The Hall–Kier alpha value is -3.01. The van der Waals surface area contributed by atoms with Gasteiger partial charge in [-0.2, -0.15) is 0 Å². The summed E-state index contributed by atoms with van der Waals surface area (Å²) >= 11 is 0. The topological polar surface area (TPSA) is 219 Å². The molecule has 0 aliphatic carbocycles. The summed E-state index contributed by atoms with van der Waals surface area (Å²) < 4.78 is 15.3. The molecule has 0 saturated heterocycles. The van der Waals surface area contributed by atoms with Crippen molar-refractivity contribution in [3.8, 4) is 0 Å². The van der Waals surface area contributed by atoms with Gasteiger partial charge in [-0.1, -0.05) is 13.8 Å². The van der Waals surface area contributed by atoms with E-state index in [9.17, 15) is 24.0 Å². The molecule has 0 unspecified atom stereocenters. The van der Waals surface area contributed by atoms with Crippen LogP contribution in [0.25, 0.3) is 0 Å². The van der Waals surface area contributed by atoms with Gasteiger partial charge in [-0.05, 0) is 5.92 Å². The van der Waals surface area contributed by atoms with Crippen molar-refractivity contribution in [2.45, 2.75) is 19.9 Å². The molecule has 0 aromatic rings. The van der Waals surface area contributed by atoms with Crippen LogP contribution < -0.4 is 32.5 Å². The van der Waals surface area contributed by atoms with Crippen LogP contribution in [-0.4, -0.2) is 100 Å². The SMILES string of the molecule is CC(C)COC[C@H](NC(=O)NCC(=O)NNC(=O)CNC(=O)COCCOCCN)C(=O)O. The monoisotopic (exact) mass is 478 g/mol. The van der Waals surface area contributed by atoms with Gasteiger partial charge in [0.2, 0.25) is 5.91 Å². The highest BCUT2D eigenvalue weighted by Crippen LogP contribution is 1.94. The zero-order valence-corrected chi connectivity index (χ0v) is 18.8. The largest absolute Gasteiger partial charge is 0.480 e. The number of carbonyl (C=O) groups is 5. The standard InChI is InChI=1S/C18H34N6O9/c1-12(2)9-33-10-13(17(28)29)22-18(30)21-8-15(26)24-23-14(25)7-20-16(27)11-32-6-5-31-4-3-19/h12-13H,3-11,19H2,1-2H3,(H,20,27)(H,23,25)(H,24,26)(H,28,29)(H2,21,22,30)/t13-/m0/s1. The van der Waals surface area contributed by atoms with Gasteiger partial charge in [0, 0.05) is 13.2 Å². The molecule has 0 radical (unpaired) electrons. The number of hydrogen-bond acceptors (Lipinski definition) is 9. The molecule has 15 heteroatoms. The highest BCUT2D eigenvalue weighted by atomic mass is 16.5. The fourth-order valence-corrected chi connectivity index (χ4v) is 1.89. The van der Waals surface area contributed by atoms with Crippen molar-refractivity contribution in [1.29, 1.82) is 0 Å². The summed E-state index contributed by atoms with van der Waals surface area (Å²) in [6, 6.07) is -2.20. The zero-order valence-electron chi connectivity index (χ0n) is 18.8. The van der Waals surface area contributed by atoms with E-state index in [1.165, 1.54) is 0 Å². The maximum Gasteiger partial charge on any atom is 0.328 e. The van der Waals surface area contributed by atoms with Crippen molar-refractivity contribution in [3.63, 3.8) is 0 Å². The molecule has 0 rings (SSSR count). The number of hydrogen-bond donors (Lipinski definition) is 7. The number of nitrogens with one attached hydrogen (secondary N) is 5. The fourth-order valence-electron chi connectivity index (χ4n) is 1.89. The van der Waals surface area contributed by atoms with Crippen molar-refractivity contribution in [3.05, 3.63) is 0 Å². The molecule has 0 aliphatic rings. The Morgan fingerprint density at radius 1 is 0.818 bits per heavy atom. The Bertz CT molecular complexity index is 633. The van der Waals surface area contributed by atoms with Crippen LogP contribution in [0.5, 0.6) is 0 Å². The Labute approximate surface area is 191 Å². The summed E-state index contributed by atoms with van der Waals surface area (Å²) in [4.78, 5) is 57.7. The van der Waals surface area contributed by atoms with Crippen molar-refractivity contribution in [2.75, 3.05) is 59.3 Å². The van der Waals surface area contributed by atoms with E-state index in [1.807, 2.05) is 24.7 Å². The van der Waals surface area contributed by atoms with Crippen molar-refractivity contribution in [2.24, 2.45) is 11.7 Å². The van der Waals surface area contributed by atoms with Gasteiger partial charge in [-0.3, -0.25) is 25.2 Å². The molecule has 0 heterocycles. The second-order valence-corrected chi connectivity index (χ2v) is 6.98. The molecule has 0 aliphatic heterocycles. The number of nitrogens with two attached hydrogens (primary N) is 1. The van der Waals surface area contributed by atoms with E-state index in [0.717, 1.165) is 0 Å². The summed E-state index contributed by atoms with van der Waals surface area (Å²) in [5.41, 5.74) is 9.31. The van der Waals surface area contributed by atoms with Crippen LogP contribution in [0.1, 0.15) is 13.8 Å². The molecular formula is C18H34N6O9. The molecule has 0 aromatic carbocycles. The Morgan fingerprint density at radius 3 is 2.00 bits per heavy atom. The molecule has 1 atom stereocenters. The average molecular weight is 479 g/mol. The molecule has 5 amide bonds. The summed E-state index contributed by atoms with van der Waals surface area (Å²) in [7, 11) is 0. The molecule has 33 heavy (non-hydrogen) atoms. The van der Waals surface area contributed by atoms with E-state index >= 15 is 0 Å². The lowest BCUT2D eigenvalue weighted by atomic mass is 10.2. The molecule has 190 valence electrons. The maximum absolute atomic E-state index is 11.8. The van der Waals surface area contributed by atoms with E-state index in [-0.39, 0.29) is 32.3 Å². The lowest BCUT2D eigenvalue weighted by Crippen LogP contribution is -2.52. The van der Waals surface area contributed by atoms with Gasteiger partial charge in [0.15, 0.2) is 6.04 Å². The number of carboxylic acid groups (broad SMARTS) is 1. The van der Waals surface area contributed by atoms with Crippen molar-refractivity contribution >= 4 is 29.7 Å². The van der Waals surface area contributed by atoms with Crippen LogP contribution in [0.3, 0.4) is 0 Å². The van der Waals surface area contributed by atoms with Gasteiger partial charge in [-0.15, -0.1) is 0 Å². The lowest BCUT2D eigenvalue weighted by Gasteiger charge is -2.16. The third-order valence-electron chi connectivity index (χ3n) is 3.40. The van der Waals surface area contributed by atoms with Gasteiger partial charge in [0.05, 0.1) is 33.0 Å². The van der Waals surface area contributed by atoms with Crippen molar-refractivity contribution in [1.82, 2.24) is 26.8 Å². The molecule has 0 spiro atoms. The van der Waals surface area contributed by atoms with Gasteiger partial charge < -0.3 is 41.0 Å². The fraction of sp³-hybridized carbons (Fsp3) is 0.722. The molecular weight excluding hydrogens is 444 g/mol. The Morgan fingerprint density at radius 2 is 1.42 bits per heavy atom. The van der Waals surface area contributed by atoms with Gasteiger partial charge in [-0.25, -0.2) is 9.59 Å². The normalized spacial score (nSPS) is 11.4. The minimum atomic E-state index is -1.29. The minimum Gasteiger partial charge on any atom is -0.480 e. The Kier molecular flexibility index (Phi) is 16.9. The molecule has 0 saturated carbocycles. The smallest absolute Gasteiger partial charge is 0.328 e. The molecule has 0 fully saturated rings. The number of hydrazine groups is 1. The Balaban J connectivity index is 3.97. The number of carboxylic acids is 1. The van der Waals surface area contributed by atoms with E-state index in [2.05, 4.69) is 16.0 Å². The average Bonchev–Trinajstić information content (AvgIpc) is 2.76. The van der Waals surface area contributed by atoms with E-state index in [4.69, 9.17) is 25.1 Å². The van der Waals surface area contributed by atoms with Crippen LogP contribution in [0.2, 0.25) is 0 Å². The summed E-state index contributed by atoms with van der Waals surface area (Å²) in [6.07, 6.45) is 0. The molecule has 8 N–H and O–H groups in total. The number of ether oxygens (including phenoxy) is 3. The highest BCUT2D eigenvalue weighted by molar-refractivity contribution is 5.89. The van der Waals surface area contributed by atoms with E-state index < -0.39 is 48.9 Å². The first-order chi connectivity index (χ1) is 15.6.